The molecule has 0 unspecified atom stereocenters. The Balaban J connectivity index is 2.81. The van der Waals surface area contributed by atoms with Crippen LogP contribution in [0.15, 0.2) is 11.5 Å². The zero-order valence-electron chi connectivity index (χ0n) is 7.43. The molecule has 13 heavy (non-hydrogen) atoms. The molecule has 0 radical (unpaired) electrons. The molecule has 1 rings (SSSR count). The maximum Gasteiger partial charge on any atom is 0.323 e. The average Bonchev–Trinajstić information content (AvgIpc) is 2.42. The topological polar surface area (TPSA) is 63.7 Å². The average molecular weight is 205 g/mol. The second-order valence-electron chi connectivity index (χ2n) is 2.69. The van der Waals surface area contributed by atoms with E-state index in [2.05, 4.69) is 4.74 Å². The van der Waals surface area contributed by atoms with Gasteiger partial charge in [0.25, 0.3) is 0 Å². The summed E-state index contributed by atoms with van der Waals surface area (Å²) in [4.78, 5) is 11.0. The Morgan fingerprint density at radius 2 is 2.23 bits per heavy atom. The van der Waals surface area contributed by atoms with Crippen molar-refractivity contribution in [1.29, 1.82) is 0 Å². The van der Waals surface area contributed by atoms with Gasteiger partial charge < -0.3 is 4.74 Å². The standard InChI is InChI=1S/C7H11NO4S/c1-6(7(9)12-2)8-4-3-5-13(8,10)11/h3,5-6H,4H2,1-2H3/t6-/m0/s1. The second-order valence-corrected chi connectivity index (χ2v) is 4.46. The van der Waals surface area contributed by atoms with Crippen LogP contribution in [0.3, 0.4) is 0 Å². The molecule has 0 aromatic carbocycles. The van der Waals surface area contributed by atoms with Crippen LogP contribution in [0.5, 0.6) is 0 Å². The van der Waals surface area contributed by atoms with Gasteiger partial charge in [-0.2, -0.15) is 4.31 Å². The summed E-state index contributed by atoms with van der Waals surface area (Å²) in [6, 6.07) is -0.759. The van der Waals surface area contributed by atoms with Crippen molar-refractivity contribution < 1.29 is 17.9 Å². The predicted molar refractivity (Wildman–Crippen MR) is 46.2 cm³/mol. The van der Waals surface area contributed by atoms with E-state index in [1.165, 1.54) is 20.1 Å². The zero-order chi connectivity index (χ0) is 10.1. The molecule has 0 saturated heterocycles. The molecule has 0 bridgehead atoms. The van der Waals surface area contributed by atoms with Gasteiger partial charge in [-0.3, -0.25) is 4.79 Å². The van der Waals surface area contributed by atoms with Gasteiger partial charge in [0.2, 0.25) is 10.0 Å². The Kier molecular flexibility index (Phi) is 2.72. The van der Waals surface area contributed by atoms with Crippen molar-refractivity contribution >= 4 is 16.0 Å². The highest BCUT2D eigenvalue weighted by atomic mass is 32.2. The third-order valence-electron chi connectivity index (χ3n) is 1.85. The van der Waals surface area contributed by atoms with Crippen molar-refractivity contribution in [3.63, 3.8) is 0 Å². The molecular formula is C7H11NO4S. The Morgan fingerprint density at radius 3 is 2.62 bits per heavy atom. The van der Waals surface area contributed by atoms with Crippen LogP contribution >= 0.6 is 0 Å². The quantitative estimate of drug-likeness (QED) is 0.581. The van der Waals surface area contributed by atoms with E-state index in [-0.39, 0.29) is 6.54 Å². The summed E-state index contributed by atoms with van der Waals surface area (Å²) < 4.78 is 28.0. The van der Waals surface area contributed by atoms with Crippen LogP contribution in [0.1, 0.15) is 6.92 Å². The molecule has 0 aromatic rings. The summed E-state index contributed by atoms with van der Waals surface area (Å²) in [5, 5.41) is 1.09. The number of esters is 1. The van der Waals surface area contributed by atoms with Crippen molar-refractivity contribution in [3.05, 3.63) is 11.5 Å². The van der Waals surface area contributed by atoms with Gasteiger partial charge in [-0.05, 0) is 6.92 Å². The number of carbonyl (C=O) groups is 1. The summed E-state index contributed by atoms with van der Waals surface area (Å²) in [5.74, 6) is -0.549. The highest BCUT2D eigenvalue weighted by Crippen LogP contribution is 2.15. The molecule has 5 nitrogen and oxygen atoms in total. The second kappa shape index (κ2) is 3.47. The SMILES string of the molecule is COC(=O)[C@H](C)N1CC=CS1(=O)=O. The van der Waals surface area contributed by atoms with Crippen LogP contribution in [0, 0.1) is 0 Å². The van der Waals surface area contributed by atoms with Crippen molar-refractivity contribution in [1.82, 2.24) is 4.31 Å². The molecule has 1 heterocycles. The number of hydrogen-bond acceptors (Lipinski definition) is 4. The molecule has 0 saturated carbocycles. The summed E-state index contributed by atoms with van der Waals surface area (Å²) >= 11 is 0. The van der Waals surface area contributed by atoms with E-state index in [4.69, 9.17) is 0 Å². The van der Waals surface area contributed by atoms with E-state index in [9.17, 15) is 13.2 Å². The van der Waals surface area contributed by atoms with Crippen LogP contribution in [-0.2, 0) is 19.6 Å². The van der Waals surface area contributed by atoms with Gasteiger partial charge in [-0.25, -0.2) is 8.42 Å². The number of carbonyl (C=O) groups excluding carboxylic acids is 1. The summed E-state index contributed by atoms with van der Waals surface area (Å²) in [6.45, 7) is 1.73. The maximum atomic E-state index is 11.3. The number of methoxy groups -OCH3 is 1. The number of ether oxygens (including phenoxy) is 1. The Hall–Kier alpha value is -0.880. The van der Waals surface area contributed by atoms with Gasteiger partial charge in [0.05, 0.1) is 7.11 Å². The lowest BCUT2D eigenvalue weighted by atomic mass is 10.3. The monoisotopic (exact) mass is 205 g/mol. The van der Waals surface area contributed by atoms with E-state index in [0.29, 0.717) is 0 Å². The molecule has 6 heteroatoms. The van der Waals surface area contributed by atoms with E-state index in [0.717, 1.165) is 9.71 Å². The first-order valence-corrected chi connectivity index (χ1v) is 5.25. The van der Waals surface area contributed by atoms with Gasteiger partial charge >= 0.3 is 5.97 Å². The zero-order valence-corrected chi connectivity index (χ0v) is 8.24. The molecule has 1 aliphatic rings. The number of hydrogen-bond donors (Lipinski definition) is 0. The molecule has 1 aliphatic heterocycles. The third kappa shape index (κ3) is 1.89. The van der Waals surface area contributed by atoms with Crippen molar-refractivity contribution in [2.75, 3.05) is 13.7 Å². The largest absolute Gasteiger partial charge is 0.468 e. The molecule has 0 aromatic heterocycles. The van der Waals surface area contributed by atoms with E-state index in [1.54, 1.807) is 0 Å². The molecule has 0 aliphatic carbocycles. The molecule has 0 spiro atoms. The lowest BCUT2D eigenvalue weighted by Crippen LogP contribution is -2.40. The number of sulfonamides is 1. The first-order valence-electron chi connectivity index (χ1n) is 3.75. The third-order valence-corrected chi connectivity index (χ3v) is 3.51. The van der Waals surface area contributed by atoms with Crippen LogP contribution in [0.25, 0.3) is 0 Å². The highest BCUT2D eigenvalue weighted by molar-refractivity contribution is 7.92. The lowest BCUT2D eigenvalue weighted by Gasteiger charge is -2.19. The van der Waals surface area contributed by atoms with Crippen LogP contribution in [-0.4, -0.2) is 38.4 Å². The minimum Gasteiger partial charge on any atom is -0.468 e. The number of rotatable bonds is 2. The molecule has 74 valence electrons. The molecule has 1 atom stereocenters. The maximum absolute atomic E-state index is 11.3. The minimum absolute atomic E-state index is 0.235. The molecular weight excluding hydrogens is 194 g/mol. The predicted octanol–water partition coefficient (Wildman–Crippen LogP) is -0.293. The minimum atomic E-state index is -3.39. The van der Waals surface area contributed by atoms with Gasteiger partial charge in [0.1, 0.15) is 6.04 Å². The van der Waals surface area contributed by atoms with Gasteiger partial charge in [0, 0.05) is 12.0 Å². The molecule has 0 amide bonds. The van der Waals surface area contributed by atoms with E-state index < -0.39 is 22.0 Å². The first kappa shape index (κ1) is 10.2. The summed E-state index contributed by atoms with van der Waals surface area (Å²) in [5.41, 5.74) is 0. The smallest absolute Gasteiger partial charge is 0.323 e. The Bertz CT molecular complexity index is 332. The summed E-state index contributed by atoms with van der Waals surface area (Å²) in [7, 11) is -2.16. The van der Waals surface area contributed by atoms with E-state index >= 15 is 0 Å². The van der Waals surface area contributed by atoms with Crippen LogP contribution in [0.2, 0.25) is 0 Å². The molecule has 0 N–H and O–H groups in total. The van der Waals surface area contributed by atoms with Gasteiger partial charge in [-0.15, -0.1) is 0 Å². The van der Waals surface area contributed by atoms with Gasteiger partial charge in [-0.1, -0.05) is 6.08 Å². The summed E-state index contributed by atoms with van der Waals surface area (Å²) in [6.07, 6.45) is 1.49. The van der Waals surface area contributed by atoms with E-state index in [1.807, 2.05) is 0 Å². The fraction of sp³-hybridized carbons (Fsp3) is 0.571. The van der Waals surface area contributed by atoms with Gasteiger partial charge in [0.15, 0.2) is 0 Å². The molecule has 0 fully saturated rings. The van der Waals surface area contributed by atoms with Crippen molar-refractivity contribution in [2.24, 2.45) is 0 Å². The normalized spacial score (nSPS) is 22.9. The van der Waals surface area contributed by atoms with Crippen LogP contribution in [0.4, 0.5) is 0 Å². The Labute approximate surface area is 77.0 Å². The fourth-order valence-corrected chi connectivity index (χ4v) is 2.42. The Morgan fingerprint density at radius 1 is 1.62 bits per heavy atom. The fourth-order valence-electron chi connectivity index (χ4n) is 1.12. The van der Waals surface area contributed by atoms with Crippen LogP contribution < -0.4 is 0 Å². The first-order chi connectivity index (χ1) is 5.99. The van der Waals surface area contributed by atoms with Crippen molar-refractivity contribution in [2.45, 2.75) is 13.0 Å². The van der Waals surface area contributed by atoms with Crippen molar-refractivity contribution in [3.8, 4) is 0 Å². The highest BCUT2D eigenvalue weighted by Gasteiger charge is 2.32. The number of nitrogens with zero attached hydrogens (tertiary/aromatic N) is 1. The lowest BCUT2D eigenvalue weighted by molar-refractivity contribution is -0.144.